The van der Waals surface area contributed by atoms with Gasteiger partial charge in [0, 0.05) is 24.2 Å². The molecule has 0 heterocycles. The molecule has 2 rings (SSSR count). The molecule has 1 saturated carbocycles. The summed E-state index contributed by atoms with van der Waals surface area (Å²) in [5, 5.41) is 9.50. The molecule has 112 valence electrons. The quantitative estimate of drug-likeness (QED) is 0.898. The van der Waals surface area contributed by atoms with E-state index >= 15 is 0 Å². The van der Waals surface area contributed by atoms with Crippen LogP contribution in [0.4, 0.5) is 0 Å². The minimum atomic E-state index is -3.67. The summed E-state index contributed by atoms with van der Waals surface area (Å²) in [7, 11) is -2.12. The lowest BCUT2D eigenvalue weighted by Crippen LogP contribution is -2.29. The largest absolute Gasteiger partial charge is 0.392 e. The highest BCUT2D eigenvalue weighted by Crippen LogP contribution is 2.39. The maximum Gasteiger partial charge on any atom is 0.244 e. The first-order valence-electron chi connectivity index (χ1n) is 6.33. The highest BCUT2D eigenvalue weighted by Gasteiger charge is 2.36. The van der Waals surface area contributed by atoms with Crippen molar-refractivity contribution < 1.29 is 13.5 Å². The molecule has 7 heteroatoms. The first-order chi connectivity index (χ1) is 9.28. The topological polar surface area (TPSA) is 57.6 Å². The Bertz CT molecular complexity index is 618. The number of rotatable bonds is 5. The van der Waals surface area contributed by atoms with E-state index in [1.165, 1.54) is 16.4 Å². The SMILES string of the molecule is CC1CC1CN(C)S(=O)(=O)c1ccc(Cl)c(CO)c1Cl. The van der Waals surface area contributed by atoms with Crippen LogP contribution in [0.5, 0.6) is 0 Å². The molecule has 0 spiro atoms. The van der Waals surface area contributed by atoms with Gasteiger partial charge in [-0.15, -0.1) is 0 Å². The molecule has 0 amide bonds. The van der Waals surface area contributed by atoms with Gasteiger partial charge in [0.15, 0.2) is 0 Å². The maximum atomic E-state index is 12.5. The van der Waals surface area contributed by atoms with Crippen molar-refractivity contribution in [3.63, 3.8) is 0 Å². The Morgan fingerprint density at radius 2 is 2.00 bits per heavy atom. The molecule has 0 aliphatic heterocycles. The number of halogens is 2. The van der Waals surface area contributed by atoms with E-state index < -0.39 is 16.6 Å². The van der Waals surface area contributed by atoms with Crippen LogP contribution in [0.15, 0.2) is 17.0 Å². The molecule has 4 nitrogen and oxygen atoms in total. The Balaban J connectivity index is 2.34. The zero-order valence-corrected chi connectivity index (χ0v) is 13.6. The third kappa shape index (κ3) is 2.97. The second-order valence-electron chi connectivity index (χ2n) is 5.25. The predicted molar refractivity (Wildman–Crippen MR) is 79.5 cm³/mol. The van der Waals surface area contributed by atoms with Gasteiger partial charge in [-0.3, -0.25) is 0 Å². The van der Waals surface area contributed by atoms with Crippen LogP contribution >= 0.6 is 23.2 Å². The molecular weight excluding hydrogens is 321 g/mol. The smallest absolute Gasteiger partial charge is 0.244 e. The van der Waals surface area contributed by atoms with Gasteiger partial charge in [0.25, 0.3) is 0 Å². The van der Waals surface area contributed by atoms with Gasteiger partial charge < -0.3 is 5.11 Å². The summed E-state index contributed by atoms with van der Waals surface area (Å²) >= 11 is 12.0. The van der Waals surface area contributed by atoms with Crippen molar-refractivity contribution in [3.05, 3.63) is 27.7 Å². The Morgan fingerprint density at radius 1 is 1.40 bits per heavy atom. The zero-order chi connectivity index (χ0) is 15.1. The van der Waals surface area contributed by atoms with Gasteiger partial charge in [-0.1, -0.05) is 30.1 Å². The van der Waals surface area contributed by atoms with Gasteiger partial charge in [-0.2, -0.15) is 0 Å². The third-order valence-corrected chi connectivity index (χ3v) is 6.53. The van der Waals surface area contributed by atoms with E-state index in [1.807, 2.05) is 0 Å². The second-order valence-corrected chi connectivity index (χ2v) is 8.05. The lowest BCUT2D eigenvalue weighted by molar-refractivity contribution is 0.281. The molecule has 1 aliphatic rings. The fourth-order valence-corrected chi connectivity index (χ4v) is 4.27. The molecular formula is C13H17Cl2NO3S. The van der Waals surface area contributed by atoms with Crippen molar-refractivity contribution in [1.29, 1.82) is 0 Å². The lowest BCUT2D eigenvalue weighted by Gasteiger charge is -2.19. The first kappa shape index (κ1) is 16.0. The van der Waals surface area contributed by atoms with Gasteiger partial charge in [0.05, 0.1) is 11.6 Å². The molecule has 0 radical (unpaired) electrons. The van der Waals surface area contributed by atoms with Crippen LogP contribution in [0, 0.1) is 11.8 Å². The summed E-state index contributed by atoms with van der Waals surface area (Å²) < 4.78 is 26.4. The fourth-order valence-electron chi connectivity index (χ4n) is 2.17. The Morgan fingerprint density at radius 3 is 2.50 bits per heavy atom. The van der Waals surface area contributed by atoms with Crippen LogP contribution < -0.4 is 0 Å². The van der Waals surface area contributed by atoms with Gasteiger partial charge in [0.1, 0.15) is 4.90 Å². The number of nitrogens with zero attached hydrogens (tertiary/aromatic N) is 1. The van der Waals surface area contributed by atoms with E-state index in [4.69, 9.17) is 23.2 Å². The van der Waals surface area contributed by atoms with Crippen molar-refractivity contribution in [2.75, 3.05) is 13.6 Å². The van der Waals surface area contributed by atoms with Gasteiger partial charge in [-0.05, 0) is 30.4 Å². The fraction of sp³-hybridized carbons (Fsp3) is 0.538. The monoisotopic (exact) mass is 337 g/mol. The summed E-state index contributed by atoms with van der Waals surface area (Å²) in [6.07, 6.45) is 1.05. The minimum Gasteiger partial charge on any atom is -0.392 e. The molecule has 20 heavy (non-hydrogen) atoms. The Kier molecular flexibility index (Phi) is 4.66. The number of aliphatic hydroxyl groups is 1. The van der Waals surface area contributed by atoms with E-state index in [1.54, 1.807) is 7.05 Å². The van der Waals surface area contributed by atoms with E-state index in [-0.39, 0.29) is 20.5 Å². The molecule has 1 aromatic rings. The van der Waals surface area contributed by atoms with Crippen LogP contribution in [0.25, 0.3) is 0 Å². The van der Waals surface area contributed by atoms with Crippen LogP contribution in [0.2, 0.25) is 10.0 Å². The summed E-state index contributed by atoms with van der Waals surface area (Å²) in [5.41, 5.74) is 0.239. The van der Waals surface area contributed by atoms with E-state index in [0.717, 1.165) is 6.42 Å². The number of benzene rings is 1. The highest BCUT2D eigenvalue weighted by atomic mass is 35.5. The van der Waals surface area contributed by atoms with E-state index in [0.29, 0.717) is 18.4 Å². The summed E-state index contributed by atoms with van der Waals surface area (Å²) in [4.78, 5) is -0.0107. The molecule has 1 N–H and O–H groups in total. The van der Waals surface area contributed by atoms with Crippen LogP contribution in [0.3, 0.4) is 0 Å². The Labute approximate surface area is 129 Å². The van der Waals surface area contributed by atoms with E-state index in [2.05, 4.69) is 6.92 Å². The van der Waals surface area contributed by atoms with Crippen LogP contribution in [-0.4, -0.2) is 31.4 Å². The molecule has 1 fully saturated rings. The first-order valence-corrected chi connectivity index (χ1v) is 8.52. The second kappa shape index (κ2) is 5.81. The molecule has 1 aromatic carbocycles. The third-order valence-electron chi connectivity index (χ3n) is 3.76. The van der Waals surface area contributed by atoms with Gasteiger partial charge in [0.2, 0.25) is 10.0 Å². The summed E-state index contributed by atoms with van der Waals surface area (Å²) in [6, 6.07) is 2.82. The van der Waals surface area contributed by atoms with Crippen molar-refractivity contribution in [1.82, 2.24) is 4.31 Å². The highest BCUT2D eigenvalue weighted by molar-refractivity contribution is 7.89. The van der Waals surface area contributed by atoms with Crippen LogP contribution in [-0.2, 0) is 16.6 Å². The average Bonchev–Trinajstić information content (AvgIpc) is 3.05. The molecule has 1 aliphatic carbocycles. The standard InChI is InChI=1S/C13H17Cl2NO3S/c1-8-5-9(8)6-16(2)20(18,19)12-4-3-11(14)10(7-17)13(12)15/h3-4,8-9,17H,5-7H2,1-2H3. The zero-order valence-electron chi connectivity index (χ0n) is 11.3. The average molecular weight is 338 g/mol. The molecule has 0 saturated heterocycles. The summed E-state index contributed by atoms with van der Waals surface area (Å²) in [5.74, 6) is 0.986. The Hall–Kier alpha value is -0.330. The predicted octanol–water partition coefficient (Wildman–Crippen LogP) is 2.76. The number of hydrogen-bond donors (Lipinski definition) is 1. The van der Waals surface area contributed by atoms with Crippen molar-refractivity contribution in [3.8, 4) is 0 Å². The van der Waals surface area contributed by atoms with Crippen molar-refractivity contribution >= 4 is 33.2 Å². The molecule has 0 aromatic heterocycles. The number of sulfonamides is 1. The van der Waals surface area contributed by atoms with E-state index in [9.17, 15) is 13.5 Å². The number of aliphatic hydroxyl groups excluding tert-OH is 1. The van der Waals surface area contributed by atoms with Crippen molar-refractivity contribution in [2.24, 2.45) is 11.8 Å². The minimum absolute atomic E-state index is 0.00399. The molecule has 0 bridgehead atoms. The lowest BCUT2D eigenvalue weighted by atomic mass is 10.2. The maximum absolute atomic E-state index is 12.5. The van der Waals surface area contributed by atoms with Crippen molar-refractivity contribution in [2.45, 2.75) is 24.8 Å². The summed E-state index contributed by atoms with van der Waals surface area (Å²) in [6.45, 7) is 2.19. The molecule has 2 atom stereocenters. The van der Waals surface area contributed by atoms with Gasteiger partial charge in [-0.25, -0.2) is 12.7 Å². The normalized spacial score (nSPS) is 22.3. The molecule has 2 unspecified atom stereocenters. The van der Waals surface area contributed by atoms with Crippen LogP contribution in [0.1, 0.15) is 18.9 Å². The van der Waals surface area contributed by atoms with Gasteiger partial charge >= 0.3 is 0 Å². The number of hydrogen-bond acceptors (Lipinski definition) is 3.